The number of aryl methyl sites for hydroxylation is 3. The van der Waals surface area contributed by atoms with Gasteiger partial charge in [-0.25, -0.2) is 4.98 Å². The number of hydrogen-bond donors (Lipinski definition) is 0. The number of nitrogens with zero attached hydrogens (tertiary/aromatic N) is 3. The summed E-state index contributed by atoms with van der Waals surface area (Å²) in [5.41, 5.74) is 9.34. The van der Waals surface area contributed by atoms with Crippen molar-refractivity contribution < 1.29 is 0 Å². The summed E-state index contributed by atoms with van der Waals surface area (Å²) in [6.07, 6.45) is 7.15. The first-order valence-corrected chi connectivity index (χ1v) is 11.7. The van der Waals surface area contributed by atoms with Gasteiger partial charge in [-0.3, -0.25) is 4.98 Å². The van der Waals surface area contributed by atoms with Crippen molar-refractivity contribution in [2.45, 2.75) is 53.5 Å². The summed E-state index contributed by atoms with van der Waals surface area (Å²) >= 11 is 6.22. The third-order valence-corrected chi connectivity index (χ3v) is 6.18. The van der Waals surface area contributed by atoms with Crippen LogP contribution >= 0.6 is 11.6 Å². The van der Waals surface area contributed by atoms with E-state index >= 15 is 0 Å². The molecule has 2 heterocycles. The van der Waals surface area contributed by atoms with Gasteiger partial charge in [0.1, 0.15) is 5.82 Å². The molecule has 2 aromatic carbocycles. The van der Waals surface area contributed by atoms with Gasteiger partial charge in [0.05, 0.1) is 11.4 Å². The number of imidazole rings is 1. The predicted octanol–water partition coefficient (Wildman–Crippen LogP) is 8.05. The minimum atomic E-state index is 0.738. The normalized spacial score (nSPS) is 11.2. The van der Waals surface area contributed by atoms with E-state index in [1.807, 2.05) is 36.7 Å². The van der Waals surface area contributed by atoms with E-state index in [4.69, 9.17) is 16.6 Å². The van der Waals surface area contributed by atoms with Crippen LogP contribution in [0.15, 0.2) is 60.9 Å². The van der Waals surface area contributed by atoms with Gasteiger partial charge in [-0.15, -0.1) is 0 Å². The van der Waals surface area contributed by atoms with Crippen molar-refractivity contribution in [1.82, 2.24) is 14.5 Å². The Kier molecular flexibility index (Phi) is 6.76. The summed E-state index contributed by atoms with van der Waals surface area (Å²) < 4.78 is 2.42. The van der Waals surface area contributed by atoms with E-state index in [1.165, 1.54) is 35.1 Å². The second-order valence-corrected chi connectivity index (χ2v) is 8.94. The predicted molar refractivity (Wildman–Crippen MR) is 135 cm³/mol. The van der Waals surface area contributed by atoms with Crippen LogP contribution in [0.2, 0.25) is 5.02 Å². The standard InChI is InChI=1S/C28H30ClN3/c1-5-6-7-16-32-27(23-8-10-24(29)11-9-23)26(22-12-14-30-15-13-22)31-28(32)25-20(3)17-19(2)18-21(25)4/h8-15,17-18H,5-7,16H2,1-4H3. The molecule has 2 aromatic heterocycles. The van der Waals surface area contributed by atoms with Crippen molar-refractivity contribution in [2.24, 2.45) is 0 Å². The summed E-state index contributed by atoms with van der Waals surface area (Å²) in [6, 6.07) is 16.7. The Balaban J connectivity index is 2.02. The van der Waals surface area contributed by atoms with Gasteiger partial charge in [-0.1, -0.05) is 61.2 Å². The average molecular weight is 444 g/mol. The summed E-state index contributed by atoms with van der Waals surface area (Å²) in [4.78, 5) is 9.50. The second-order valence-electron chi connectivity index (χ2n) is 8.51. The summed E-state index contributed by atoms with van der Waals surface area (Å²) in [7, 11) is 0. The van der Waals surface area contributed by atoms with Crippen molar-refractivity contribution in [3.63, 3.8) is 0 Å². The Bertz CT molecular complexity index is 1180. The number of unbranched alkanes of at least 4 members (excludes halogenated alkanes) is 2. The average Bonchev–Trinajstić information content (AvgIpc) is 3.13. The first-order chi connectivity index (χ1) is 15.5. The lowest BCUT2D eigenvalue weighted by Crippen LogP contribution is -2.05. The molecule has 0 aliphatic heterocycles. The van der Waals surface area contributed by atoms with E-state index < -0.39 is 0 Å². The molecule has 0 aliphatic rings. The number of aromatic nitrogens is 3. The monoisotopic (exact) mass is 443 g/mol. The van der Waals surface area contributed by atoms with E-state index in [0.29, 0.717) is 0 Å². The van der Waals surface area contributed by atoms with E-state index in [2.05, 4.69) is 61.5 Å². The Hall–Kier alpha value is -2.91. The van der Waals surface area contributed by atoms with Crippen LogP contribution in [0.1, 0.15) is 42.9 Å². The highest BCUT2D eigenvalue weighted by atomic mass is 35.5. The number of hydrogen-bond acceptors (Lipinski definition) is 2. The van der Waals surface area contributed by atoms with Crippen molar-refractivity contribution in [1.29, 1.82) is 0 Å². The highest BCUT2D eigenvalue weighted by Crippen LogP contribution is 2.39. The third kappa shape index (κ3) is 4.49. The topological polar surface area (TPSA) is 30.7 Å². The minimum Gasteiger partial charge on any atom is -0.323 e. The summed E-state index contributed by atoms with van der Waals surface area (Å²) in [6.45, 7) is 9.69. The zero-order chi connectivity index (χ0) is 22.7. The van der Waals surface area contributed by atoms with Crippen LogP contribution in [0.3, 0.4) is 0 Å². The number of pyridine rings is 1. The zero-order valence-electron chi connectivity index (χ0n) is 19.3. The fourth-order valence-corrected chi connectivity index (χ4v) is 4.65. The van der Waals surface area contributed by atoms with Gasteiger partial charge >= 0.3 is 0 Å². The van der Waals surface area contributed by atoms with Crippen LogP contribution in [0.25, 0.3) is 33.9 Å². The van der Waals surface area contributed by atoms with Crippen molar-refractivity contribution in [2.75, 3.05) is 0 Å². The molecule has 0 saturated heterocycles. The van der Waals surface area contributed by atoms with E-state index in [0.717, 1.165) is 46.3 Å². The molecule has 0 saturated carbocycles. The van der Waals surface area contributed by atoms with Gasteiger partial charge in [0.15, 0.2) is 0 Å². The van der Waals surface area contributed by atoms with Crippen molar-refractivity contribution in [3.8, 4) is 33.9 Å². The SMILES string of the molecule is CCCCCn1c(-c2c(C)cc(C)cc2C)nc(-c2ccncc2)c1-c1ccc(Cl)cc1. The van der Waals surface area contributed by atoms with Crippen LogP contribution in [0.4, 0.5) is 0 Å². The molecule has 4 heteroatoms. The highest BCUT2D eigenvalue weighted by Gasteiger charge is 2.23. The molecule has 4 aromatic rings. The van der Waals surface area contributed by atoms with Gasteiger partial charge in [0, 0.05) is 40.7 Å². The smallest absolute Gasteiger partial charge is 0.141 e. The first kappa shape index (κ1) is 22.3. The molecular weight excluding hydrogens is 414 g/mol. The molecular formula is C28H30ClN3. The lowest BCUT2D eigenvalue weighted by Gasteiger charge is -2.16. The van der Waals surface area contributed by atoms with E-state index in [1.54, 1.807) is 0 Å². The molecule has 0 bridgehead atoms. The van der Waals surface area contributed by atoms with Crippen molar-refractivity contribution in [3.05, 3.63) is 82.6 Å². The van der Waals surface area contributed by atoms with E-state index in [-0.39, 0.29) is 0 Å². The Morgan fingerprint density at radius 1 is 0.844 bits per heavy atom. The molecule has 0 radical (unpaired) electrons. The van der Waals surface area contributed by atoms with E-state index in [9.17, 15) is 0 Å². The molecule has 0 unspecified atom stereocenters. The number of rotatable bonds is 7. The fourth-order valence-electron chi connectivity index (χ4n) is 4.53. The maximum absolute atomic E-state index is 6.22. The van der Waals surface area contributed by atoms with Crippen molar-refractivity contribution >= 4 is 11.6 Å². The molecule has 0 aliphatic carbocycles. The molecule has 0 atom stereocenters. The Labute approximate surface area is 196 Å². The maximum atomic E-state index is 6.22. The van der Waals surface area contributed by atoms with Gasteiger partial charge in [0.25, 0.3) is 0 Å². The molecule has 0 fully saturated rings. The quantitative estimate of drug-likeness (QED) is 0.270. The number of halogens is 1. The van der Waals surface area contributed by atoms with Gasteiger partial charge in [0.2, 0.25) is 0 Å². The lowest BCUT2D eigenvalue weighted by molar-refractivity contribution is 0.609. The Morgan fingerprint density at radius 3 is 2.12 bits per heavy atom. The summed E-state index contributed by atoms with van der Waals surface area (Å²) in [5, 5.41) is 0.738. The molecule has 0 spiro atoms. The van der Waals surface area contributed by atoms with Gasteiger partial charge in [-0.05, 0) is 62.6 Å². The lowest BCUT2D eigenvalue weighted by atomic mass is 9.99. The molecule has 32 heavy (non-hydrogen) atoms. The van der Waals surface area contributed by atoms with Gasteiger partial charge < -0.3 is 4.57 Å². The molecule has 0 N–H and O–H groups in total. The number of benzene rings is 2. The van der Waals surface area contributed by atoms with Crippen LogP contribution in [0.5, 0.6) is 0 Å². The van der Waals surface area contributed by atoms with Gasteiger partial charge in [-0.2, -0.15) is 0 Å². The molecule has 4 rings (SSSR count). The van der Waals surface area contributed by atoms with Crippen LogP contribution in [0, 0.1) is 20.8 Å². The maximum Gasteiger partial charge on any atom is 0.141 e. The minimum absolute atomic E-state index is 0.738. The largest absolute Gasteiger partial charge is 0.323 e. The van der Waals surface area contributed by atoms with Crippen LogP contribution < -0.4 is 0 Å². The fraction of sp³-hybridized carbons (Fsp3) is 0.286. The van der Waals surface area contributed by atoms with Crippen LogP contribution in [-0.2, 0) is 6.54 Å². The molecule has 3 nitrogen and oxygen atoms in total. The van der Waals surface area contributed by atoms with Crippen LogP contribution in [-0.4, -0.2) is 14.5 Å². The summed E-state index contributed by atoms with van der Waals surface area (Å²) in [5.74, 6) is 1.04. The Morgan fingerprint density at radius 2 is 1.50 bits per heavy atom. The molecule has 0 amide bonds. The third-order valence-electron chi connectivity index (χ3n) is 5.92. The zero-order valence-corrected chi connectivity index (χ0v) is 20.1. The highest BCUT2D eigenvalue weighted by molar-refractivity contribution is 6.30. The second kappa shape index (κ2) is 9.70. The molecule has 164 valence electrons. The first-order valence-electron chi connectivity index (χ1n) is 11.3.